The summed E-state index contributed by atoms with van der Waals surface area (Å²) in [5.74, 6) is 1.77. The van der Waals surface area contributed by atoms with Crippen LogP contribution in [0.3, 0.4) is 0 Å². The van der Waals surface area contributed by atoms with Crippen LogP contribution in [-0.4, -0.2) is 24.2 Å². The Bertz CT molecular complexity index is 1040. The number of benzene rings is 2. The lowest BCUT2D eigenvalue weighted by Gasteiger charge is -2.23. The molecule has 1 atom stereocenters. The smallest absolute Gasteiger partial charge is 0.258 e. The third-order valence-corrected chi connectivity index (χ3v) is 5.39. The van der Waals surface area contributed by atoms with Crippen molar-refractivity contribution in [1.29, 1.82) is 0 Å². The Morgan fingerprint density at radius 1 is 1.21 bits per heavy atom. The summed E-state index contributed by atoms with van der Waals surface area (Å²) < 4.78 is 16.6. The molecular formula is C23H24N2O4. The molecule has 0 spiro atoms. The maximum absolute atomic E-state index is 13.2. The van der Waals surface area contributed by atoms with Crippen LogP contribution in [0.1, 0.15) is 39.9 Å². The molecule has 0 aliphatic carbocycles. The number of aryl methyl sites for hydroxylation is 2. The predicted octanol–water partition coefficient (Wildman–Crippen LogP) is 4.47. The van der Waals surface area contributed by atoms with Crippen molar-refractivity contribution in [3.8, 4) is 11.5 Å². The molecule has 150 valence electrons. The number of para-hydroxylation sites is 1. The molecule has 0 N–H and O–H groups in total. The molecule has 0 bridgehead atoms. The number of nitrogens with zero attached hydrogens (tertiary/aromatic N) is 2. The number of methoxy groups -OCH3 is 1. The molecule has 3 aromatic rings. The second-order valence-corrected chi connectivity index (χ2v) is 7.31. The molecule has 1 aromatic heterocycles. The highest BCUT2D eigenvalue weighted by atomic mass is 16.5. The van der Waals surface area contributed by atoms with Crippen molar-refractivity contribution >= 4 is 11.6 Å². The molecule has 2 heterocycles. The van der Waals surface area contributed by atoms with E-state index in [1.807, 2.05) is 36.9 Å². The molecule has 1 amide bonds. The first-order valence-corrected chi connectivity index (χ1v) is 9.63. The summed E-state index contributed by atoms with van der Waals surface area (Å²) in [4.78, 5) is 15.1. The average molecular weight is 392 g/mol. The Hall–Kier alpha value is -3.28. The Morgan fingerprint density at radius 2 is 2.00 bits per heavy atom. The SMILES string of the molecule is COc1cc(C(=O)N2c3ccccc3CC2C)ccc1OCc1c(C)noc1C. The van der Waals surface area contributed by atoms with E-state index in [1.54, 1.807) is 25.3 Å². The van der Waals surface area contributed by atoms with E-state index in [-0.39, 0.29) is 11.9 Å². The number of carbonyl (C=O) groups is 1. The number of ether oxygens (including phenoxy) is 2. The van der Waals surface area contributed by atoms with Gasteiger partial charge in [0.1, 0.15) is 12.4 Å². The van der Waals surface area contributed by atoms with E-state index in [9.17, 15) is 4.79 Å². The monoisotopic (exact) mass is 392 g/mol. The van der Waals surface area contributed by atoms with Gasteiger partial charge in [0.15, 0.2) is 11.5 Å². The van der Waals surface area contributed by atoms with Crippen LogP contribution in [0, 0.1) is 13.8 Å². The van der Waals surface area contributed by atoms with Gasteiger partial charge in [0.25, 0.3) is 5.91 Å². The van der Waals surface area contributed by atoms with E-state index < -0.39 is 0 Å². The van der Waals surface area contributed by atoms with Crippen molar-refractivity contribution in [2.24, 2.45) is 0 Å². The van der Waals surface area contributed by atoms with Gasteiger partial charge in [0.05, 0.1) is 18.4 Å². The first-order valence-electron chi connectivity index (χ1n) is 9.63. The summed E-state index contributed by atoms with van der Waals surface area (Å²) in [5, 5.41) is 3.94. The lowest BCUT2D eigenvalue weighted by Crippen LogP contribution is -2.35. The third-order valence-electron chi connectivity index (χ3n) is 5.39. The van der Waals surface area contributed by atoms with E-state index in [0.29, 0.717) is 23.7 Å². The number of hydrogen-bond acceptors (Lipinski definition) is 5. The van der Waals surface area contributed by atoms with E-state index >= 15 is 0 Å². The van der Waals surface area contributed by atoms with Gasteiger partial charge in [-0.05, 0) is 57.0 Å². The van der Waals surface area contributed by atoms with Crippen LogP contribution < -0.4 is 14.4 Å². The summed E-state index contributed by atoms with van der Waals surface area (Å²) in [6.45, 7) is 6.12. The quantitative estimate of drug-likeness (QED) is 0.641. The predicted molar refractivity (Wildman–Crippen MR) is 110 cm³/mol. The van der Waals surface area contributed by atoms with Crippen molar-refractivity contribution in [1.82, 2.24) is 5.16 Å². The van der Waals surface area contributed by atoms with Crippen LogP contribution >= 0.6 is 0 Å². The summed E-state index contributed by atoms with van der Waals surface area (Å²) in [7, 11) is 1.57. The zero-order valence-corrected chi connectivity index (χ0v) is 17.1. The highest BCUT2D eigenvalue weighted by Crippen LogP contribution is 2.35. The molecular weight excluding hydrogens is 368 g/mol. The summed E-state index contributed by atoms with van der Waals surface area (Å²) >= 11 is 0. The molecule has 0 saturated heterocycles. The Morgan fingerprint density at radius 3 is 2.72 bits per heavy atom. The van der Waals surface area contributed by atoms with Crippen LogP contribution in [0.4, 0.5) is 5.69 Å². The van der Waals surface area contributed by atoms with Gasteiger partial charge in [-0.2, -0.15) is 0 Å². The highest BCUT2D eigenvalue weighted by Gasteiger charge is 2.31. The maximum Gasteiger partial charge on any atom is 0.258 e. The molecule has 1 unspecified atom stereocenters. The average Bonchev–Trinajstić information content (AvgIpc) is 3.23. The molecule has 2 aromatic carbocycles. The minimum atomic E-state index is -0.0435. The molecule has 0 fully saturated rings. The molecule has 6 heteroatoms. The number of amides is 1. The standard InChI is InChI=1S/C23H24N2O4/c1-14-11-17-7-5-6-8-20(17)25(14)23(26)18-9-10-21(22(12-18)27-4)28-13-19-15(2)24-29-16(19)3/h5-10,12,14H,11,13H2,1-4H3. The van der Waals surface area contributed by atoms with E-state index in [4.69, 9.17) is 14.0 Å². The molecule has 4 rings (SSSR count). The van der Waals surface area contributed by atoms with E-state index in [0.717, 1.165) is 29.1 Å². The number of aromatic nitrogens is 1. The zero-order valence-electron chi connectivity index (χ0n) is 17.1. The van der Waals surface area contributed by atoms with Crippen LogP contribution in [0.5, 0.6) is 11.5 Å². The maximum atomic E-state index is 13.2. The summed E-state index contributed by atoms with van der Waals surface area (Å²) in [6, 6.07) is 13.4. The minimum Gasteiger partial charge on any atom is -0.493 e. The Balaban J connectivity index is 1.57. The second-order valence-electron chi connectivity index (χ2n) is 7.31. The van der Waals surface area contributed by atoms with Gasteiger partial charge in [-0.1, -0.05) is 23.4 Å². The first kappa shape index (κ1) is 19.1. The van der Waals surface area contributed by atoms with Gasteiger partial charge in [-0.25, -0.2) is 0 Å². The highest BCUT2D eigenvalue weighted by molar-refractivity contribution is 6.08. The van der Waals surface area contributed by atoms with E-state index in [1.165, 1.54) is 5.56 Å². The van der Waals surface area contributed by atoms with Gasteiger partial charge in [0, 0.05) is 17.3 Å². The fraction of sp³-hybridized carbons (Fsp3) is 0.304. The normalized spacial score (nSPS) is 15.3. The molecule has 6 nitrogen and oxygen atoms in total. The topological polar surface area (TPSA) is 64.8 Å². The lowest BCUT2D eigenvalue weighted by molar-refractivity contribution is 0.0981. The van der Waals surface area contributed by atoms with E-state index in [2.05, 4.69) is 18.1 Å². The molecule has 0 saturated carbocycles. The van der Waals surface area contributed by atoms with Crippen molar-refractivity contribution in [3.63, 3.8) is 0 Å². The van der Waals surface area contributed by atoms with Gasteiger partial charge in [-0.15, -0.1) is 0 Å². The molecule has 1 aliphatic heterocycles. The lowest BCUT2D eigenvalue weighted by atomic mass is 10.1. The van der Waals surface area contributed by atoms with Gasteiger partial charge in [0.2, 0.25) is 0 Å². The Kier molecular flexibility index (Phi) is 5.01. The summed E-state index contributed by atoms with van der Waals surface area (Å²) in [6.07, 6.45) is 0.859. The van der Waals surface area contributed by atoms with Crippen LogP contribution in [0.2, 0.25) is 0 Å². The van der Waals surface area contributed by atoms with Gasteiger partial charge >= 0.3 is 0 Å². The molecule has 1 aliphatic rings. The zero-order chi connectivity index (χ0) is 20.5. The summed E-state index contributed by atoms with van der Waals surface area (Å²) in [5.41, 5.74) is 4.45. The number of carbonyl (C=O) groups excluding carboxylic acids is 1. The number of anilines is 1. The fourth-order valence-corrected chi connectivity index (χ4v) is 3.79. The second kappa shape index (κ2) is 7.62. The van der Waals surface area contributed by atoms with Gasteiger partial charge < -0.3 is 18.9 Å². The van der Waals surface area contributed by atoms with Crippen molar-refractivity contribution in [2.75, 3.05) is 12.0 Å². The minimum absolute atomic E-state index is 0.0435. The number of rotatable bonds is 5. The van der Waals surface area contributed by atoms with Crippen LogP contribution in [0.15, 0.2) is 47.0 Å². The molecule has 29 heavy (non-hydrogen) atoms. The Labute approximate surface area is 170 Å². The van der Waals surface area contributed by atoms with Crippen molar-refractivity contribution < 1.29 is 18.8 Å². The van der Waals surface area contributed by atoms with Crippen LogP contribution in [0.25, 0.3) is 0 Å². The van der Waals surface area contributed by atoms with Crippen molar-refractivity contribution in [3.05, 3.63) is 70.6 Å². The third kappa shape index (κ3) is 3.46. The largest absolute Gasteiger partial charge is 0.493 e. The van der Waals surface area contributed by atoms with Crippen LogP contribution in [-0.2, 0) is 13.0 Å². The number of hydrogen-bond donors (Lipinski definition) is 0. The van der Waals surface area contributed by atoms with Gasteiger partial charge in [-0.3, -0.25) is 4.79 Å². The first-order chi connectivity index (χ1) is 14.0. The molecule has 0 radical (unpaired) electrons. The fourth-order valence-electron chi connectivity index (χ4n) is 3.79. The number of fused-ring (bicyclic) bond motifs is 1. The van der Waals surface area contributed by atoms with Crippen molar-refractivity contribution in [2.45, 2.75) is 39.8 Å².